The molecule has 3 heterocycles. The Hall–Kier alpha value is -2.21. The Morgan fingerprint density at radius 2 is 2.21 bits per heavy atom. The molecule has 5 nitrogen and oxygen atoms in total. The summed E-state index contributed by atoms with van der Waals surface area (Å²) < 4.78 is 3.33. The van der Waals surface area contributed by atoms with Gasteiger partial charge in [-0.25, -0.2) is 4.98 Å². The summed E-state index contributed by atoms with van der Waals surface area (Å²) in [7, 11) is 1.97. The molecular weight excluding hydrogens is 260 g/mol. The molecule has 0 spiro atoms. The molecule has 0 bridgehead atoms. The molecule has 3 aromatic rings. The minimum Gasteiger partial charge on any atom is -0.351 e. The molecule has 0 radical (unpaired) electrons. The number of aromatic nitrogens is 4. The van der Waals surface area contributed by atoms with E-state index in [1.807, 2.05) is 49.0 Å². The third-order valence-electron chi connectivity index (χ3n) is 2.77. The molecule has 0 N–H and O–H groups in total. The maximum absolute atomic E-state index is 11.9. The van der Waals surface area contributed by atoms with Crippen molar-refractivity contribution in [1.82, 2.24) is 19.2 Å². The van der Waals surface area contributed by atoms with E-state index in [4.69, 9.17) is 0 Å². The van der Waals surface area contributed by atoms with Crippen LogP contribution in [-0.4, -0.2) is 19.2 Å². The molecule has 0 fully saturated rings. The number of aryl methyl sites for hydroxylation is 2. The summed E-state index contributed by atoms with van der Waals surface area (Å²) in [4.78, 5) is 16.9. The maximum Gasteiger partial charge on any atom is 0.275 e. The van der Waals surface area contributed by atoms with E-state index in [0.29, 0.717) is 10.7 Å². The van der Waals surface area contributed by atoms with E-state index in [2.05, 4.69) is 10.1 Å². The molecule has 0 saturated carbocycles. The summed E-state index contributed by atoms with van der Waals surface area (Å²) in [6.07, 6.45) is 5.75. The van der Waals surface area contributed by atoms with Crippen molar-refractivity contribution >= 4 is 28.4 Å². The third kappa shape index (κ3) is 2.22. The van der Waals surface area contributed by atoms with Crippen molar-refractivity contribution in [3.05, 3.63) is 51.1 Å². The molecule has 0 aliphatic heterocycles. The maximum atomic E-state index is 11.9. The molecule has 96 valence electrons. The number of hydrogen-bond donors (Lipinski definition) is 0. The van der Waals surface area contributed by atoms with E-state index < -0.39 is 0 Å². The zero-order chi connectivity index (χ0) is 13.4. The minimum atomic E-state index is -0.152. The van der Waals surface area contributed by atoms with Crippen molar-refractivity contribution in [3.8, 4) is 0 Å². The largest absolute Gasteiger partial charge is 0.351 e. The Labute approximate surface area is 113 Å². The lowest BCUT2D eigenvalue weighted by molar-refractivity contribution is 0.879. The van der Waals surface area contributed by atoms with Gasteiger partial charge in [0.25, 0.3) is 5.56 Å². The minimum absolute atomic E-state index is 0.152. The van der Waals surface area contributed by atoms with Crippen molar-refractivity contribution in [1.29, 1.82) is 0 Å². The highest BCUT2D eigenvalue weighted by Gasteiger charge is 2.04. The summed E-state index contributed by atoms with van der Waals surface area (Å²) in [5.74, 6) is 0. The second kappa shape index (κ2) is 4.47. The highest BCUT2D eigenvalue weighted by atomic mass is 32.1. The van der Waals surface area contributed by atoms with Gasteiger partial charge in [-0.05, 0) is 31.2 Å². The first kappa shape index (κ1) is 11.9. The summed E-state index contributed by atoms with van der Waals surface area (Å²) in [5.41, 5.74) is 1.55. The summed E-state index contributed by atoms with van der Waals surface area (Å²) in [6, 6.07) is 5.46. The van der Waals surface area contributed by atoms with Crippen molar-refractivity contribution in [2.24, 2.45) is 7.05 Å². The van der Waals surface area contributed by atoms with Gasteiger partial charge in [0, 0.05) is 25.0 Å². The molecule has 0 aliphatic rings. The molecule has 0 aliphatic carbocycles. The number of rotatable bonds is 2. The molecule has 6 heteroatoms. The molecule has 19 heavy (non-hydrogen) atoms. The highest BCUT2D eigenvalue weighted by Crippen LogP contribution is 2.11. The Morgan fingerprint density at radius 1 is 1.37 bits per heavy atom. The van der Waals surface area contributed by atoms with Gasteiger partial charge >= 0.3 is 0 Å². The standard InChI is InChI=1S/C13H12N4OS/c1-9-15-17-12(18)8-10(14-13(17)19-9)5-6-11-4-3-7-16(11)2/h3-8H,1-2H3. The first-order valence-corrected chi connectivity index (χ1v) is 6.62. The van der Waals surface area contributed by atoms with E-state index >= 15 is 0 Å². The number of fused-ring (bicyclic) bond motifs is 1. The zero-order valence-electron chi connectivity index (χ0n) is 10.6. The quantitative estimate of drug-likeness (QED) is 0.716. The first-order valence-electron chi connectivity index (χ1n) is 5.80. The Bertz CT molecular complexity index is 825. The summed E-state index contributed by atoms with van der Waals surface area (Å²) in [5, 5.41) is 4.94. The molecule has 0 atom stereocenters. The van der Waals surface area contributed by atoms with Crippen LogP contribution in [0.2, 0.25) is 0 Å². The van der Waals surface area contributed by atoms with Crippen molar-refractivity contribution in [2.75, 3.05) is 0 Å². The Kier molecular flexibility index (Phi) is 2.79. The van der Waals surface area contributed by atoms with Gasteiger partial charge in [-0.15, -0.1) is 0 Å². The van der Waals surface area contributed by atoms with Gasteiger partial charge in [0.2, 0.25) is 4.96 Å². The van der Waals surface area contributed by atoms with Crippen molar-refractivity contribution in [2.45, 2.75) is 6.92 Å². The van der Waals surface area contributed by atoms with Crippen LogP contribution in [0, 0.1) is 6.92 Å². The van der Waals surface area contributed by atoms with E-state index in [1.165, 1.54) is 21.9 Å². The second-order valence-corrected chi connectivity index (χ2v) is 5.37. The van der Waals surface area contributed by atoms with Crippen LogP contribution in [0.3, 0.4) is 0 Å². The van der Waals surface area contributed by atoms with Gasteiger partial charge in [0.15, 0.2) is 0 Å². The predicted octanol–water partition coefficient (Wildman–Crippen LogP) is 1.97. The highest BCUT2D eigenvalue weighted by molar-refractivity contribution is 7.16. The van der Waals surface area contributed by atoms with Gasteiger partial charge in [-0.1, -0.05) is 11.3 Å². The summed E-state index contributed by atoms with van der Waals surface area (Å²) in [6.45, 7) is 1.86. The second-order valence-electron chi connectivity index (χ2n) is 4.21. The van der Waals surface area contributed by atoms with Crippen LogP contribution < -0.4 is 5.56 Å². The molecule has 0 amide bonds. The topological polar surface area (TPSA) is 52.2 Å². The summed E-state index contributed by atoms with van der Waals surface area (Å²) >= 11 is 1.41. The molecule has 0 saturated heterocycles. The predicted molar refractivity (Wildman–Crippen MR) is 76.2 cm³/mol. The lowest BCUT2D eigenvalue weighted by Crippen LogP contribution is -2.14. The average Bonchev–Trinajstić information content (AvgIpc) is 2.92. The lowest BCUT2D eigenvalue weighted by Gasteiger charge is -1.96. The third-order valence-corrected chi connectivity index (χ3v) is 3.60. The van der Waals surface area contributed by atoms with Crippen LogP contribution in [-0.2, 0) is 7.05 Å². The van der Waals surface area contributed by atoms with Crippen LogP contribution in [0.15, 0.2) is 29.2 Å². The Balaban J connectivity index is 2.04. The fourth-order valence-corrected chi connectivity index (χ4v) is 2.58. The Morgan fingerprint density at radius 3 is 2.95 bits per heavy atom. The van der Waals surface area contributed by atoms with E-state index in [9.17, 15) is 4.79 Å². The number of nitrogens with zero attached hydrogens (tertiary/aromatic N) is 4. The van der Waals surface area contributed by atoms with Crippen LogP contribution in [0.25, 0.3) is 17.1 Å². The average molecular weight is 272 g/mol. The van der Waals surface area contributed by atoms with Crippen LogP contribution in [0.5, 0.6) is 0 Å². The zero-order valence-corrected chi connectivity index (χ0v) is 11.4. The normalized spacial score (nSPS) is 11.7. The molecule has 3 aromatic heterocycles. The first-order chi connectivity index (χ1) is 9.13. The molecule has 0 aromatic carbocycles. The monoisotopic (exact) mass is 272 g/mol. The SMILES string of the molecule is Cc1nn2c(=O)cc(C=Cc3cccn3C)nc2s1. The van der Waals surface area contributed by atoms with E-state index in [-0.39, 0.29) is 5.56 Å². The smallest absolute Gasteiger partial charge is 0.275 e. The van der Waals surface area contributed by atoms with Gasteiger partial charge in [0.05, 0.1) is 5.69 Å². The fourth-order valence-electron chi connectivity index (χ4n) is 1.83. The van der Waals surface area contributed by atoms with Gasteiger partial charge in [0.1, 0.15) is 5.01 Å². The van der Waals surface area contributed by atoms with Gasteiger partial charge < -0.3 is 4.57 Å². The number of hydrogen-bond acceptors (Lipinski definition) is 4. The molecule has 0 unspecified atom stereocenters. The van der Waals surface area contributed by atoms with Gasteiger partial charge in [-0.3, -0.25) is 4.79 Å². The van der Waals surface area contributed by atoms with E-state index in [1.54, 1.807) is 0 Å². The van der Waals surface area contributed by atoms with Gasteiger partial charge in [-0.2, -0.15) is 9.61 Å². The molecule has 3 rings (SSSR count). The van der Waals surface area contributed by atoms with Crippen molar-refractivity contribution in [3.63, 3.8) is 0 Å². The van der Waals surface area contributed by atoms with Crippen LogP contribution in [0.1, 0.15) is 16.4 Å². The van der Waals surface area contributed by atoms with Crippen LogP contribution >= 0.6 is 11.3 Å². The lowest BCUT2D eigenvalue weighted by atomic mass is 10.3. The van der Waals surface area contributed by atoms with E-state index in [0.717, 1.165) is 10.7 Å². The van der Waals surface area contributed by atoms with Crippen LogP contribution in [0.4, 0.5) is 0 Å². The fraction of sp³-hybridized carbons (Fsp3) is 0.154. The van der Waals surface area contributed by atoms with Crippen molar-refractivity contribution < 1.29 is 0 Å². The molecular formula is C13H12N4OS.